The van der Waals surface area contributed by atoms with Crippen LogP contribution in [0.4, 0.5) is 5.69 Å². The Morgan fingerprint density at radius 1 is 1.08 bits per heavy atom. The topological polar surface area (TPSA) is 163 Å². The average molecular weight is 569 g/mol. The van der Waals surface area contributed by atoms with E-state index in [1.54, 1.807) is 30.3 Å². The van der Waals surface area contributed by atoms with Crippen LogP contribution in [0.25, 0.3) is 6.08 Å². The molecule has 12 heteroatoms. The van der Waals surface area contributed by atoms with Gasteiger partial charge in [-0.1, -0.05) is 24.3 Å². The monoisotopic (exact) mass is 568 g/mol. The normalized spacial score (nSPS) is 11.5. The molecule has 0 fully saturated rings. The van der Waals surface area contributed by atoms with Crippen LogP contribution in [0.2, 0.25) is 0 Å². The van der Waals surface area contributed by atoms with E-state index < -0.39 is 16.7 Å². The van der Waals surface area contributed by atoms with Crippen LogP contribution >= 0.6 is 15.9 Å². The third kappa shape index (κ3) is 6.70. The molecule has 0 aliphatic heterocycles. The summed E-state index contributed by atoms with van der Waals surface area (Å²) in [4.78, 5) is 36.5. The summed E-state index contributed by atoms with van der Waals surface area (Å²) in [6.45, 7) is 1.51. The number of carbonyl (C=O) groups is 2. The smallest absolute Gasteiger partial charge is 0.311 e. The maximum absolute atomic E-state index is 13.0. The molecule has 3 aromatic rings. The van der Waals surface area contributed by atoms with Gasteiger partial charge < -0.3 is 20.3 Å². The summed E-state index contributed by atoms with van der Waals surface area (Å²) in [6, 6.07) is 14.7. The van der Waals surface area contributed by atoms with Gasteiger partial charge in [0.05, 0.1) is 22.2 Å². The van der Waals surface area contributed by atoms with E-state index in [0.717, 1.165) is 6.07 Å². The van der Waals surface area contributed by atoms with E-state index in [4.69, 9.17) is 4.74 Å². The molecule has 4 N–H and O–H groups in total. The number of hydrazone groups is 1. The Morgan fingerprint density at radius 3 is 2.43 bits per heavy atom. The van der Waals surface area contributed by atoms with Crippen molar-refractivity contribution in [3.63, 3.8) is 0 Å². The Bertz CT molecular complexity index is 1420. The highest BCUT2D eigenvalue weighted by atomic mass is 79.9. The molecule has 0 saturated carbocycles. The molecule has 2 amide bonds. The van der Waals surface area contributed by atoms with Gasteiger partial charge in [-0.3, -0.25) is 19.7 Å². The fourth-order valence-corrected chi connectivity index (χ4v) is 3.49. The first-order valence-electron chi connectivity index (χ1n) is 10.6. The van der Waals surface area contributed by atoms with Crippen molar-refractivity contribution in [2.45, 2.75) is 6.92 Å². The molecule has 0 atom stereocenters. The molecule has 11 nitrogen and oxygen atoms in total. The Kier molecular flexibility index (Phi) is 8.59. The lowest BCUT2D eigenvalue weighted by Gasteiger charge is -2.11. The number of amides is 2. The highest BCUT2D eigenvalue weighted by Crippen LogP contribution is 2.31. The lowest BCUT2D eigenvalue weighted by atomic mass is 10.1. The number of nitro groups is 1. The molecule has 0 spiro atoms. The number of hydrogen-bond acceptors (Lipinski definition) is 8. The van der Waals surface area contributed by atoms with Crippen molar-refractivity contribution in [1.29, 1.82) is 0 Å². The third-order valence-electron chi connectivity index (χ3n) is 5.02. The van der Waals surface area contributed by atoms with Crippen LogP contribution < -0.4 is 15.5 Å². The van der Waals surface area contributed by atoms with Crippen molar-refractivity contribution < 1.29 is 29.5 Å². The maximum Gasteiger partial charge on any atom is 0.311 e. The molecule has 190 valence electrons. The summed E-state index contributed by atoms with van der Waals surface area (Å²) in [7, 11) is 1.29. The second-order valence-corrected chi connectivity index (χ2v) is 8.38. The molecular weight excluding hydrogens is 548 g/mol. The standard InChI is InChI=1S/C25H21BrN4O7/c1-14(17-12-18(26)22(32)13-21(17)31)28-29-25(34)19(27-24(33)16-6-4-3-5-7-16)10-15-8-9-23(37-2)20(11-15)30(35)36/h3-13,31-32H,1-2H3,(H,27,33)(H,29,34)/b19-10?,28-14+. The third-order valence-corrected chi connectivity index (χ3v) is 5.65. The fourth-order valence-electron chi connectivity index (χ4n) is 3.14. The number of halogens is 1. The highest BCUT2D eigenvalue weighted by Gasteiger charge is 2.18. The van der Waals surface area contributed by atoms with Gasteiger partial charge in [-0.2, -0.15) is 5.10 Å². The van der Waals surface area contributed by atoms with Gasteiger partial charge in [0.1, 0.15) is 17.2 Å². The van der Waals surface area contributed by atoms with Crippen LogP contribution in [0, 0.1) is 10.1 Å². The van der Waals surface area contributed by atoms with Crippen molar-refractivity contribution in [1.82, 2.24) is 10.7 Å². The van der Waals surface area contributed by atoms with Gasteiger partial charge in [-0.25, -0.2) is 5.43 Å². The number of phenolic OH excluding ortho intramolecular Hbond substituents is 2. The maximum atomic E-state index is 13.0. The summed E-state index contributed by atoms with van der Waals surface area (Å²) in [6.07, 6.45) is 1.25. The molecule has 0 aliphatic rings. The van der Waals surface area contributed by atoms with E-state index in [1.807, 2.05) is 0 Å². The minimum Gasteiger partial charge on any atom is -0.507 e. The number of carbonyl (C=O) groups excluding carboxylic acids is 2. The molecule has 0 aliphatic carbocycles. The summed E-state index contributed by atoms with van der Waals surface area (Å²) in [5, 5.41) is 37.7. The molecule has 0 radical (unpaired) electrons. The molecule has 0 bridgehead atoms. The molecule has 0 saturated heterocycles. The van der Waals surface area contributed by atoms with Crippen LogP contribution in [-0.2, 0) is 4.79 Å². The first-order chi connectivity index (χ1) is 17.6. The van der Waals surface area contributed by atoms with E-state index in [1.165, 1.54) is 44.4 Å². The van der Waals surface area contributed by atoms with Crippen LogP contribution in [0.3, 0.4) is 0 Å². The minimum atomic E-state index is -0.834. The second-order valence-electron chi connectivity index (χ2n) is 7.53. The Hall–Kier alpha value is -4.71. The molecule has 37 heavy (non-hydrogen) atoms. The number of nitro benzene ring substituents is 1. The molecule has 0 heterocycles. The van der Waals surface area contributed by atoms with E-state index in [0.29, 0.717) is 4.47 Å². The largest absolute Gasteiger partial charge is 0.507 e. The summed E-state index contributed by atoms with van der Waals surface area (Å²) >= 11 is 3.15. The van der Waals surface area contributed by atoms with Crippen molar-refractivity contribution in [2.24, 2.45) is 5.10 Å². The average Bonchev–Trinajstić information content (AvgIpc) is 2.89. The van der Waals surface area contributed by atoms with Crippen molar-refractivity contribution in [2.75, 3.05) is 7.11 Å². The second kappa shape index (κ2) is 11.8. The number of methoxy groups -OCH3 is 1. The van der Waals surface area contributed by atoms with E-state index in [2.05, 4.69) is 31.8 Å². The zero-order valence-corrected chi connectivity index (χ0v) is 21.1. The van der Waals surface area contributed by atoms with Gasteiger partial charge in [-0.05, 0) is 58.8 Å². The molecule has 3 rings (SSSR count). The molecule has 0 unspecified atom stereocenters. The number of phenols is 2. The zero-order valence-electron chi connectivity index (χ0n) is 19.6. The zero-order chi connectivity index (χ0) is 27.1. The number of nitrogens with one attached hydrogen (secondary N) is 2. The van der Waals surface area contributed by atoms with Gasteiger partial charge in [-0.15, -0.1) is 0 Å². The van der Waals surface area contributed by atoms with Gasteiger partial charge in [0, 0.05) is 23.3 Å². The van der Waals surface area contributed by atoms with Crippen LogP contribution in [-0.4, -0.2) is 39.8 Å². The molecule has 0 aromatic heterocycles. The minimum absolute atomic E-state index is 0.0292. The Balaban J connectivity index is 1.96. The van der Waals surface area contributed by atoms with Crippen molar-refractivity contribution in [3.8, 4) is 17.2 Å². The fraction of sp³-hybridized carbons (Fsp3) is 0.0800. The number of rotatable bonds is 8. The summed E-state index contributed by atoms with van der Waals surface area (Å²) < 4.78 is 5.30. The van der Waals surface area contributed by atoms with E-state index in [-0.39, 0.29) is 51.0 Å². The number of aromatic hydroxyl groups is 2. The number of ether oxygens (including phenoxy) is 1. The lowest BCUT2D eigenvalue weighted by molar-refractivity contribution is -0.385. The van der Waals surface area contributed by atoms with E-state index >= 15 is 0 Å². The molecular formula is C25H21BrN4O7. The predicted molar refractivity (Wildman–Crippen MR) is 139 cm³/mol. The summed E-state index contributed by atoms with van der Waals surface area (Å²) in [5.74, 6) is -1.85. The van der Waals surface area contributed by atoms with Crippen LogP contribution in [0.15, 0.2) is 75.9 Å². The van der Waals surface area contributed by atoms with Gasteiger partial charge >= 0.3 is 5.69 Å². The highest BCUT2D eigenvalue weighted by molar-refractivity contribution is 9.10. The SMILES string of the molecule is COc1ccc(C=C(NC(=O)c2ccccc2)C(=O)N/N=C(\C)c2cc(Br)c(O)cc2O)cc1[N+](=O)[O-]. The first-order valence-corrected chi connectivity index (χ1v) is 11.4. The number of nitrogens with zero attached hydrogens (tertiary/aromatic N) is 2. The Morgan fingerprint density at radius 2 is 1.78 bits per heavy atom. The van der Waals surface area contributed by atoms with E-state index in [9.17, 15) is 29.9 Å². The number of benzene rings is 3. The molecule has 3 aromatic carbocycles. The van der Waals surface area contributed by atoms with Crippen LogP contribution in [0.5, 0.6) is 17.2 Å². The van der Waals surface area contributed by atoms with Gasteiger partial charge in [0.15, 0.2) is 5.75 Å². The predicted octanol–water partition coefficient (Wildman–Crippen LogP) is 4.09. The quantitative estimate of drug-likeness (QED) is 0.137. The Labute approximate surface area is 219 Å². The number of hydrogen-bond donors (Lipinski definition) is 4. The van der Waals surface area contributed by atoms with Gasteiger partial charge in [0.25, 0.3) is 11.8 Å². The van der Waals surface area contributed by atoms with Gasteiger partial charge in [0.2, 0.25) is 0 Å². The van der Waals surface area contributed by atoms with Crippen LogP contribution in [0.1, 0.15) is 28.4 Å². The van der Waals surface area contributed by atoms with Crippen molar-refractivity contribution >= 4 is 45.2 Å². The summed E-state index contributed by atoms with van der Waals surface area (Å²) in [5.41, 5.74) is 2.67. The first kappa shape index (κ1) is 26.9. The van der Waals surface area contributed by atoms with Crippen molar-refractivity contribution in [3.05, 3.63) is 97.6 Å². The lowest BCUT2D eigenvalue weighted by Crippen LogP contribution is -2.33.